The SMILES string of the molecule is CC(C)c1noc([C@H](C)NC(=O)Cn2ncc3ccccc32)n1. The lowest BCUT2D eigenvalue weighted by Crippen LogP contribution is -2.30. The van der Waals surface area contributed by atoms with Gasteiger partial charge >= 0.3 is 0 Å². The number of rotatable bonds is 5. The van der Waals surface area contributed by atoms with Crippen molar-refractivity contribution in [2.75, 3.05) is 0 Å². The van der Waals surface area contributed by atoms with Crippen LogP contribution in [-0.2, 0) is 11.3 Å². The standard InChI is InChI=1S/C16H19N5O2/c1-10(2)15-19-16(23-20-15)11(3)18-14(22)9-21-13-7-5-4-6-12(13)8-17-21/h4-8,10-11H,9H2,1-3H3,(H,18,22)/t11-/m0/s1. The van der Waals surface area contributed by atoms with Crippen molar-refractivity contribution in [2.45, 2.75) is 39.3 Å². The number of para-hydroxylation sites is 1. The molecule has 0 spiro atoms. The summed E-state index contributed by atoms with van der Waals surface area (Å²) in [4.78, 5) is 16.5. The van der Waals surface area contributed by atoms with Gasteiger partial charge in [-0.15, -0.1) is 0 Å². The summed E-state index contributed by atoms with van der Waals surface area (Å²) >= 11 is 0. The summed E-state index contributed by atoms with van der Waals surface area (Å²) in [6.07, 6.45) is 1.75. The molecule has 2 aromatic heterocycles. The Balaban J connectivity index is 1.66. The van der Waals surface area contributed by atoms with Gasteiger partial charge in [0, 0.05) is 11.3 Å². The highest BCUT2D eigenvalue weighted by Crippen LogP contribution is 2.15. The van der Waals surface area contributed by atoms with E-state index in [1.807, 2.05) is 45.0 Å². The maximum Gasteiger partial charge on any atom is 0.248 e. The lowest BCUT2D eigenvalue weighted by atomic mass is 10.2. The molecular weight excluding hydrogens is 294 g/mol. The minimum Gasteiger partial charge on any atom is -0.343 e. The molecule has 0 unspecified atom stereocenters. The van der Waals surface area contributed by atoms with Gasteiger partial charge < -0.3 is 9.84 Å². The minimum atomic E-state index is -0.343. The highest BCUT2D eigenvalue weighted by atomic mass is 16.5. The van der Waals surface area contributed by atoms with E-state index < -0.39 is 0 Å². The van der Waals surface area contributed by atoms with E-state index in [2.05, 4.69) is 20.6 Å². The Morgan fingerprint density at radius 3 is 2.83 bits per heavy atom. The normalized spacial score (nSPS) is 12.7. The van der Waals surface area contributed by atoms with Gasteiger partial charge in [0.05, 0.1) is 11.7 Å². The Hall–Kier alpha value is -2.70. The van der Waals surface area contributed by atoms with Gasteiger partial charge in [-0.2, -0.15) is 10.1 Å². The Labute approximate surface area is 133 Å². The number of nitrogens with one attached hydrogen (secondary N) is 1. The summed E-state index contributed by atoms with van der Waals surface area (Å²) in [6, 6.07) is 7.42. The van der Waals surface area contributed by atoms with Crippen LogP contribution in [-0.4, -0.2) is 25.8 Å². The summed E-state index contributed by atoms with van der Waals surface area (Å²) in [5.74, 6) is 1.08. The number of carbonyl (C=O) groups excluding carboxylic acids is 1. The molecule has 1 N–H and O–H groups in total. The summed E-state index contributed by atoms with van der Waals surface area (Å²) in [7, 11) is 0. The zero-order chi connectivity index (χ0) is 16.4. The molecule has 1 atom stereocenters. The first-order valence-corrected chi connectivity index (χ1v) is 7.58. The van der Waals surface area contributed by atoms with Crippen LogP contribution in [0.3, 0.4) is 0 Å². The van der Waals surface area contributed by atoms with E-state index >= 15 is 0 Å². The van der Waals surface area contributed by atoms with Crippen molar-refractivity contribution in [1.29, 1.82) is 0 Å². The van der Waals surface area contributed by atoms with E-state index in [4.69, 9.17) is 4.52 Å². The molecule has 7 nitrogen and oxygen atoms in total. The number of hydrogen-bond donors (Lipinski definition) is 1. The second-order valence-corrected chi connectivity index (χ2v) is 5.80. The van der Waals surface area contributed by atoms with Gasteiger partial charge in [0.2, 0.25) is 11.8 Å². The summed E-state index contributed by atoms with van der Waals surface area (Å²) < 4.78 is 6.87. The maximum absolute atomic E-state index is 12.2. The summed E-state index contributed by atoms with van der Waals surface area (Å²) in [5.41, 5.74) is 0.926. The fourth-order valence-corrected chi connectivity index (χ4v) is 2.29. The molecule has 1 amide bonds. The fraction of sp³-hybridized carbons (Fsp3) is 0.375. The Kier molecular flexibility index (Phi) is 4.10. The molecule has 0 aliphatic rings. The molecule has 0 bridgehead atoms. The lowest BCUT2D eigenvalue weighted by molar-refractivity contribution is -0.122. The quantitative estimate of drug-likeness (QED) is 0.782. The van der Waals surface area contributed by atoms with Gasteiger partial charge in [-0.05, 0) is 13.0 Å². The third-order valence-corrected chi connectivity index (χ3v) is 3.57. The smallest absolute Gasteiger partial charge is 0.248 e. The zero-order valence-corrected chi connectivity index (χ0v) is 13.4. The topological polar surface area (TPSA) is 85.8 Å². The summed E-state index contributed by atoms with van der Waals surface area (Å²) in [5, 5.41) is 12.0. The van der Waals surface area contributed by atoms with E-state index in [0.29, 0.717) is 11.7 Å². The first-order valence-electron chi connectivity index (χ1n) is 7.58. The van der Waals surface area contributed by atoms with E-state index in [1.54, 1.807) is 10.9 Å². The van der Waals surface area contributed by atoms with Crippen LogP contribution in [0, 0.1) is 0 Å². The van der Waals surface area contributed by atoms with Crippen LogP contribution >= 0.6 is 0 Å². The van der Waals surface area contributed by atoms with Crippen molar-refractivity contribution >= 4 is 16.8 Å². The second-order valence-electron chi connectivity index (χ2n) is 5.80. The fourth-order valence-electron chi connectivity index (χ4n) is 2.29. The number of fused-ring (bicyclic) bond motifs is 1. The average Bonchev–Trinajstić information content (AvgIpc) is 3.15. The van der Waals surface area contributed by atoms with Gasteiger partial charge in [-0.3, -0.25) is 9.48 Å². The highest BCUT2D eigenvalue weighted by Gasteiger charge is 2.18. The van der Waals surface area contributed by atoms with Gasteiger partial charge in [-0.1, -0.05) is 37.2 Å². The monoisotopic (exact) mass is 313 g/mol. The predicted octanol–water partition coefficient (Wildman–Crippen LogP) is 2.42. The molecule has 1 aromatic carbocycles. The molecule has 23 heavy (non-hydrogen) atoms. The van der Waals surface area contributed by atoms with Gasteiger partial charge in [0.1, 0.15) is 12.6 Å². The molecular formula is C16H19N5O2. The maximum atomic E-state index is 12.2. The number of aromatic nitrogens is 4. The van der Waals surface area contributed by atoms with E-state index in [0.717, 1.165) is 10.9 Å². The minimum absolute atomic E-state index is 0.142. The molecule has 0 saturated heterocycles. The molecule has 0 radical (unpaired) electrons. The zero-order valence-electron chi connectivity index (χ0n) is 13.4. The molecule has 7 heteroatoms. The molecule has 2 heterocycles. The van der Waals surface area contributed by atoms with Crippen LogP contribution in [0.1, 0.15) is 44.4 Å². The van der Waals surface area contributed by atoms with E-state index in [1.165, 1.54) is 0 Å². The van der Waals surface area contributed by atoms with Crippen LogP contribution in [0.4, 0.5) is 0 Å². The number of benzene rings is 1. The van der Waals surface area contributed by atoms with Crippen LogP contribution < -0.4 is 5.32 Å². The molecule has 0 fully saturated rings. The van der Waals surface area contributed by atoms with Crippen LogP contribution in [0.15, 0.2) is 35.0 Å². The van der Waals surface area contributed by atoms with Crippen molar-refractivity contribution in [3.05, 3.63) is 42.2 Å². The number of hydrogen-bond acceptors (Lipinski definition) is 5. The number of nitrogens with zero attached hydrogens (tertiary/aromatic N) is 4. The third kappa shape index (κ3) is 3.23. The van der Waals surface area contributed by atoms with E-state index in [9.17, 15) is 4.79 Å². The van der Waals surface area contributed by atoms with Gasteiger partial charge in [0.25, 0.3) is 0 Å². The first-order chi connectivity index (χ1) is 11.0. The summed E-state index contributed by atoms with van der Waals surface area (Å²) in [6.45, 7) is 5.93. The van der Waals surface area contributed by atoms with Gasteiger partial charge in [0.15, 0.2) is 5.82 Å². The van der Waals surface area contributed by atoms with Crippen molar-refractivity contribution in [2.24, 2.45) is 0 Å². The molecule has 120 valence electrons. The molecule has 3 rings (SSSR count). The van der Waals surface area contributed by atoms with Crippen molar-refractivity contribution in [3.63, 3.8) is 0 Å². The lowest BCUT2D eigenvalue weighted by Gasteiger charge is -2.10. The molecule has 3 aromatic rings. The van der Waals surface area contributed by atoms with Crippen LogP contribution in [0.2, 0.25) is 0 Å². The predicted molar refractivity (Wildman–Crippen MR) is 84.7 cm³/mol. The second kappa shape index (κ2) is 6.20. The van der Waals surface area contributed by atoms with Crippen molar-refractivity contribution in [3.8, 4) is 0 Å². The molecule has 0 aliphatic carbocycles. The third-order valence-electron chi connectivity index (χ3n) is 3.57. The average molecular weight is 313 g/mol. The molecule has 0 saturated carbocycles. The first kappa shape index (κ1) is 15.2. The van der Waals surface area contributed by atoms with Crippen molar-refractivity contribution < 1.29 is 9.32 Å². The Morgan fingerprint density at radius 2 is 2.09 bits per heavy atom. The van der Waals surface area contributed by atoms with E-state index in [-0.39, 0.29) is 24.4 Å². The number of carbonyl (C=O) groups is 1. The Bertz CT molecular complexity index is 821. The largest absolute Gasteiger partial charge is 0.343 e. The molecule has 0 aliphatic heterocycles. The highest BCUT2D eigenvalue weighted by molar-refractivity contribution is 5.82. The Morgan fingerprint density at radius 1 is 1.30 bits per heavy atom. The van der Waals surface area contributed by atoms with Crippen LogP contribution in [0.5, 0.6) is 0 Å². The number of amides is 1. The van der Waals surface area contributed by atoms with Crippen molar-refractivity contribution in [1.82, 2.24) is 25.2 Å². The van der Waals surface area contributed by atoms with Gasteiger partial charge in [-0.25, -0.2) is 0 Å². The van der Waals surface area contributed by atoms with Crippen LogP contribution in [0.25, 0.3) is 10.9 Å².